The number of piperazine rings is 1. The van der Waals surface area contributed by atoms with Crippen molar-refractivity contribution in [2.45, 2.75) is 6.92 Å². The van der Waals surface area contributed by atoms with Crippen LogP contribution in [0.25, 0.3) is 0 Å². The van der Waals surface area contributed by atoms with Crippen molar-refractivity contribution in [3.63, 3.8) is 0 Å². The number of hydrogen-bond acceptors (Lipinski definition) is 5. The number of aromatic nitrogens is 1. The molecule has 3 rings (SSSR count). The third-order valence-electron chi connectivity index (χ3n) is 4.60. The Morgan fingerprint density at radius 3 is 2.62 bits per heavy atom. The molecule has 1 aromatic carbocycles. The summed E-state index contributed by atoms with van der Waals surface area (Å²) in [6.45, 7) is 7.74. The van der Waals surface area contributed by atoms with Gasteiger partial charge in [-0.3, -0.25) is 4.98 Å². The maximum atomic E-state index is 5.68. The number of nitrogens with one attached hydrogen (secondary N) is 1. The Bertz CT molecular complexity index is 752. The first-order valence-electron chi connectivity index (χ1n) is 9.76. The molecule has 0 spiro atoms. The van der Waals surface area contributed by atoms with Gasteiger partial charge < -0.3 is 24.6 Å². The van der Waals surface area contributed by atoms with E-state index in [9.17, 15) is 0 Å². The van der Waals surface area contributed by atoms with Gasteiger partial charge in [0.05, 0.1) is 25.5 Å². The largest absolute Gasteiger partial charge is 0.495 e. The molecule has 29 heavy (non-hydrogen) atoms. The van der Waals surface area contributed by atoms with Crippen LogP contribution in [-0.4, -0.2) is 68.8 Å². The van der Waals surface area contributed by atoms with E-state index in [1.165, 1.54) is 0 Å². The van der Waals surface area contributed by atoms with Crippen LogP contribution in [0.15, 0.2) is 53.8 Å². The number of rotatable bonds is 7. The van der Waals surface area contributed by atoms with Crippen molar-refractivity contribution in [2.24, 2.45) is 4.99 Å². The molecule has 1 N–H and O–H groups in total. The quantitative estimate of drug-likeness (QED) is 0.267. The minimum atomic E-state index is 0. The highest BCUT2D eigenvalue weighted by Crippen LogP contribution is 2.28. The van der Waals surface area contributed by atoms with Gasteiger partial charge in [-0.15, -0.1) is 24.0 Å². The van der Waals surface area contributed by atoms with Crippen LogP contribution in [-0.2, 0) is 0 Å². The Labute approximate surface area is 190 Å². The molecule has 8 heteroatoms. The summed E-state index contributed by atoms with van der Waals surface area (Å²) < 4.78 is 11.2. The summed E-state index contributed by atoms with van der Waals surface area (Å²) in [7, 11) is 1.72. The lowest BCUT2D eigenvalue weighted by atomic mass is 10.2. The van der Waals surface area contributed by atoms with Gasteiger partial charge in [-0.25, -0.2) is 4.99 Å². The Balaban J connectivity index is 0.00000300. The summed E-state index contributed by atoms with van der Waals surface area (Å²) >= 11 is 0. The molecule has 2 heterocycles. The van der Waals surface area contributed by atoms with Gasteiger partial charge in [0.25, 0.3) is 0 Å². The summed E-state index contributed by atoms with van der Waals surface area (Å²) in [5.74, 6) is 2.63. The first kappa shape index (κ1) is 23.1. The second-order valence-corrected chi connectivity index (χ2v) is 6.42. The molecule has 0 saturated carbocycles. The maximum Gasteiger partial charge on any atom is 0.194 e. The second kappa shape index (κ2) is 12.4. The molecule has 158 valence electrons. The zero-order chi connectivity index (χ0) is 19.6. The van der Waals surface area contributed by atoms with Crippen LogP contribution >= 0.6 is 24.0 Å². The summed E-state index contributed by atoms with van der Waals surface area (Å²) in [5, 5.41) is 3.39. The molecule has 1 fully saturated rings. The first-order valence-corrected chi connectivity index (χ1v) is 9.76. The van der Waals surface area contributed by atoms with Crippen molar-refractivity contribution in [1.82, 2.24) is 15.2 Å². The van der Waals surface area contributed by atoms with Crippen molar-refractivity contribution >= 4 is 35.6 Å². The van der Waals surface area contributed by atoms with Crippen molar-refractivity contribution in [1.29, 1.82) is 0 Å². The van der Waals surface area contributed by atoms with E-state index in [4.69, 9.17) is 14.5 Å². The molecule has 0 aliphatic carbocycles. The monoisotopic (exact) mass is 511 g/mol. The minimum absolute atomic E-state index is 0. The van der Waals surface area contributed by atoms with Gasteiger partial charge in [-0.05, 0) is 31.2 Å². The summed E-state index contributed by atoms with van der Waals surface area (Å²) in [4.78, 5) is 13.4. The van der Waals surface area contributed by atoms with E-state index < -0.39 is 0 Å². The molecular formula is C21H30IN5O2. The Morgan fingerprint density at radius 1 is 1.14 bits per heavy atom. The number of halogens is 1. The fourth-order valence-electron chi connectivity index (χ4n) is 3.22. The van der Waals surface area contributed by atoms with Crippen LogP contribution in [0, 0.1) is 0 Å². The van der Waals surface area contributed by atoms with E-state index in [0.717, 1.165) is 55.9 Å². The molecule has 1 aliphatic rings. The highest BCUT2D eigenvalue weighted by atomic mass is 127. The Kier molecular flexibility index (Phi) is 9.82. The number of methoxy groups -OCH3 is 1. The van der Waals surface area contributed by atoms with Gasteiger partial charge in [0.15, 0.2) is 5.96 Å². The van der Waals surface area contributed by atoms with E-state index >= 15 is 0 Å². The van der Waals surface area contributed by atoms with E-state index in [0.29, 0.717) is 13.2 Å². The average Bonchev–Trinajstić information content (AvgIpc) is 2.77. The number of nitrogens with zero attached hydrogens (tertiary/aromatic N) is 4. The van der Waals surface area contributed by atoms with Crippen LogP contribution in [0.3, 0.4) is 0 Å². The lowest BCUT2D eigenvalue weighted by Crippen LogP contribution is -2.52. The number of pyridine rings is 1. The summed E-state index contributed by atoms with van der Waals surface area (Å²) in [6.07, 6.45) is 3.45. The SMILES string of the molecule is CCNC(=NCCOc1cccnc1)N1CCN(c2ccccc2OC)CC1.I. The van der Waals surface area contributed by atoms with Crippen LogP contribution < -0.4 is 19.7 Å². The predicted molar refractivity (Wildman–Crippen MR) is 128 cm³/mol. The molecule has 0 unspecified atom stereocenters. The summed E-state index contributed by atoms with van der Waals surface area (Å²) in [6, 6.07) is 11.9. The standard InChI is InChI=1S/C21H29N5O2.HI/c1-3-23-21(24-11-16-28-18-7-6-10-22-17-18)26-14-12-25(13-15-26)19-8-4-5-9-20(19)27-2;/h4-10,17H,3,11-16H2,1-2H3,(H,23,24);1H. The minimum Gasteiger partial charge on any atom is -0.495 e. The van der Waals surface area contributed by atoms with Crippen LogP contribution in [0.2, 0.25) is 0 Å². The molecule has 0 amide bonds. The molecule has 0 bridgehead atoms. The van der Waals surface area contributed by atoms with Crippen LogP contribution in [0.4, 0.5) is 5.69 Å². The molecule has 1 aromatic heterocycles. The third-order valence-corrected chi connectivity index (χ3v) is 4.60. The smallest absolute Gasteiger partial charge is 0.194 e. The van der Waals surface area contributed by atoms with Crippen LogP contribution in [0.1, 0.15) is 6.92 Å². The van der Waals surface area contributed by atoms with Crippen LogP contribution in [0.5, 0.6) is 11.5 Å². The molecule has 1 aliphatic heterocycles. The normalized spacial score (nSPS) is 14.2. The number of para-hydroxylation sites is 2. The van der Waals surface area contributed by atoms with Gasteiger partial charge in [-0.2, -0.15) is 0 Å². The fraction of sp³-hybridized carbons (Fsp3) is 0.429. The first-order chi connectivity index (χ1) is 13.8. The van der Waals surface area contributed by atoms with Gasteiger partial charge in [0.1, 0.15) is 18.1 Å². The van der Waals surface area contributed by atoms with Gasteiger partial charge in [0.2, 0.25) is 0 Å². The zero-order valence-corrected chi connectivity index (χ0v) is 19.4. The lowest BCUT2D eigenvalue weighted by molar-refractivity contribution is 0.324. The van der Waals surface area contributed by atoms with E-state index in [-0.39, 0.29) is 24.0 Å². The van der Waals surface area contributed by atoms with Gasteiger partial charge >= 0.3 is 0 Å². The Hall–Kier alpha value is -2.23. The van der Waals surface area contributed by atoms with Gasteiger partial charge in [0, 0.05) is 38.9 Å². The predicted octanol–water partition coefficient (Wildman–Crippen LogP) is 2.87. The zero-order valence-electron chi connectivity index (χ0n) is 17.1. The number of aliphatic imine (C=N–C) groups is 1. The number of benzene rings is 1. The number of guanidine groups is 1. The number of ether oxygens (including phenoxy) is 2. The molecule has 0 radical (unpaired) electrons. The van der Waals surface area contributed by atoms with E-state index in [1.807, 2.05) is 24.3 Å². The average molecular weight is 511 g/mol. The lowest BCUT2D eigenvalue weighted by Gasteiger charge is -2.38. The molecular weight excluding hydrogens is 481 g/mol. The Morgan fingerprint density at radius 2 is 1.93 bits per heavy atom. The van der Waals surface area contributed by atoms with Crippen molar-refractivity contribution in [3.8, 4) is 11.5 Å². The van der Waals surface area contributed by atoms with Gasteiger partial charge in [-0.1, -0.05) is 12.1 Å². The third kappa shape index (κ3) is 6.66. The topological polar surface area (TPSA) is 62.2 Å². The van der Waals surface area contributed by atoms with Crippen molar-refractivity contribution in [3.05, 3.63) is 48.8 Å². The second-order valence-electron chi connectivity index (χ2n) is 6.42. The molecule has 0 atom stereocenters. The fourth-order valence-corrected chi connectivity index (χ4v) is 3.22. The van der Waals surface area contributed by atoms with Crippen molar-refractivity contribution in [2.75, 3.05) is 57.9 Å². The molecule has 7 nitrogen and oxygen atoms in total. The number of anilines is 1. The van der Waals surface area contributed by atoms with E-state index in [1.54, 1.807) is 19.5 Å². The number of hydrogen-bond donors (Lipinski definition) is 1. The summed E-state index contributed by atoms with van der Waals surface area (Å²) in [5.41, 5.74) is 1.15. The highest BCUT2D eigenvalue weighted by Gasteiger charge is 2.21. The molecule has 1 saturated heterocycles. The van der Waals surface area contributed by atoms with E-state index in [2.05, 4.69) is 39.2 Å². The maximum absolute atomic E-state index is 5.68. The highest BCUT2D eigenvalue weighted by molar-refractivity contribution is 14.0. The molecule has 2 aromatic rings. The van der Waals surface area contributed by atoms with Crippen molar-refractivity contribution < 1.29 is 9.47 Å².